The summed E-state index contributed by atoms with van der Waals surface area (Å²) in [7, 11) is 0. The summed E-state index contributed by atoms with van der Waals surface area (Å²) in [5.41, 5.74) is 0.770. The summed E-state index contributed by atoms with van der Waals surface area (Å²) in [5.74, 6) is -0.674. The molecule has 1 aromatic heterocycles. The smallest absolute Gasteiger partial charge is 0.169 e. The average molecular weight is 324 g/mol. The highest BCUT2D eigenvalue weighted by molar-refractivity contribution is 7.20. The van der Waals surface area contributed by atoms with E-state index in [0.717, 1.165) is 11.3 Å². The van der Waals surface area contributed by atoms with E-state index in [1.807, 2.05) is 0 Å². The molecule has 0 bridgehead atoms. The third-order valence-electron chi connectivity index (χ3n) is 2.32. The van der Waals surface area contributed by atoms with Crippen molar-refractivity contribution < 1.29 is 9.18 Å². The Balaban J connectivity index is 2.26. The van der Waals surface area contributed by atoms with Crippen LogP contribution in [-0.4, -0.2) is 5.78 Å². The van der Waals surface area contributed by atoms with Crippen molar-refractivity contribution in [2.75, 3.05) is 0 Å². The van der Waals surface area contributed by atoms with Crippen LogP contribution in [0.25, 0.3) is 0 Å². The molecule has 0 atom stereocenters. The highest BCUT2D eigenvalue weighted by Crippen LogP contribution is 2.32. The van der Waals surface area contributed by atoms with E-state index in [0.29, 0.717) is 24.8 Å². The molecule has 1 heterocycles. The first kappa shape index (κ1) is 13.8. The number of halogens is 4. The first-order chi connectivity index (χ1) is 8.47. The molecule has 1 nitrogen and oxygen atoms in total. The van der Waals surface area contributed by atoms with Crippen LogP contribution in [0.5, 0.6) is 0 Å². The van der Waals surface area contributed by atoms with Crippen LogP contribution >= 0.6 is 46.1 Å². The second-order valence-corrected chi connectivity index (χ2v) is 6.27. The Morgan fingerprint density at radius 1 is 1.22 bits per heavy atom. The van der Waals surface area contributed by atoms with E-state index in [-0.39, 0.29) is 12.2 Å². The predicted molar refractivity (Wildman–Crippen MR) is 73.8 cm³/mol. The molecule has 2 rings (SSSR count). The SMILES string of the molecule is O=C(Cc1cc(F)ccc1Cl)c1cc(Cl)sc1Cl. The van der Waals surface area contributed by atoms with Crippen LogP contribution in [0, 0.1) is 5.82 Å². The molecule has 0 spiro atoms. The number of carbonyl (C=O) groups is 1. The van der Waals surface area contributed by atoms with Crippen LogP contribution in [0.4, 0.5) is 4.39 Å². The average Bonchev–Trinajstić information content (AvgIpc) is 2.63. The minimum absolute atomic E-state index is 0.0105. The van der Waals surface area contributed by atoms with Crippen LogP contribution < -0.4 is 0 Å². The normalized spacial score (nSPS) is 10.7. The van der Waals surface area contributed by atoms with E-state index in [4.69, 9.17) is 34.8 Å². The van der Waals surface area contributed by atoms with Gasteiger partial charge in [0.25, 0.3) is 0 Å². The number of Topliss-reactive ketones (excluding diaryl/α,β-unsaturated/α-hetero) is 1. The third kappa shape index (κ3) is 3.04. The molecular weight excluding hydrogens is 318 g/mol. The monoisotopic (exact) mass is 322 g/mol. The Kier molecular flexibility index (Phi) is 4.28. The van der Waals surface area contributed by atoms with Crippen molar-refractivity contribution in [1.29, 1.82) is 0 Å². The van der Waals surface area contributed by atoms with Gasteiger partial charge in [-0.2, -0.15) is 0 Å². The summed E-state index contributed by atoms with van der Waals surface area (Å²) < 4.78 is 13.8. The molecule has 0 fully saturated rings. The number of thiophene rings is 1. The lowest BCUT2D eigenvalue weighted by Gasteiger charge is -2.03. The predicted octanol–water partition coefficient (Wildman–Crippen LogP) is 5.27. The summed E-state index contributed by atoms with van der Waals surface area (Å²) in [4.78, 5) is 12.0. The Morgan fingerprint density at radius 3 is 2.56 bits per heavy atom. The number of carbonyl (C=O) groups excluding carboxylic acids is 1. The van der Waals surface area contributed by atoms with Gasteiger partial charge in [-0.15, -0.1) is 11.3 Å². The van der Waals surface area contributed by atoms with Gasteiger partial charge < -0.3 is 0 Å². The minimum Gasteiger partial charge on any atom is -0.294 e. The fourth-order valence-electron chi connectivity index (χ4n) is 1.48. The van der Waals surface area contributed by atoms with Crippen molar-refractivity contribution in [2.24, 2.45) is 0 Å². The lowest BCUT2D eigenvalue weighted by molar-refractivity contribution is 0.0993. The number of benzene rings is 1. The Labute approximate surface area is 122 Å². The van der Waals surface area contributed by atoms with Crippen molar-refractivity contribution in [3.8, 4) is 0 Å². The maximum absolute atomic E-state index is 13.1. The lowest BCUT2D eigenvalue weighted by atomic mass is 10.1. The molecule has 0 N–H and O–H groups in total. The molecule has 0 unspecified atom stereocenters. The van der Waals surface area contributed by atoms with Crippen molar-refractivity contribution in [1.82, 2.24) is 0 Å². The van der Waals surface area contributed by atoms with Crippen LogP contribution in [0.1, 0.15) is 15.9 Å². The van der Waals surface area contributed by atoms with Gasteiger partial charge in [-0.3, -0.25) is 4.79 Å². The fourth-order valence-corrected chi connectivity index (χ4v) is 3.16. The molecule has 0 aliphatic rings. The Hall–Kier alpha value is -0.610. The van der Waals surface area contributed by atoms with E-state index in [9.17, 15) is 9.18 Å². The molecule has 2 aromatic rings. The van der Waals surface area contributed by atoms with E-state index in [1.165, 1.54) is 24.3 Å². The Morgan fingerprint density at radius 2 is 1.94 bits per heavy atom. The molecule has 0 aliphatic carbocycles. The summed E-state index contributed by atoms with van der Waals surface area (Å²) in [5, 5.41) is 0.349. The molecule has 0 aliphatic heterocycles. The van der Waals surface area contributed by atoms with Crippen LogP contribution in [0.3, 0.4) is 0 Å². The Bertz CT molecular complexity index is 609. The fraction of sp³-hybridized carbons (Fsp3) is 0.0833. The summed E-state index contributed by atoms with van der Waals surface area (Å²) in [6.45, 7) is 0. The minimum atomic E-state index is -0.434. The zero-order valence-corrected chi connectivity index (χ0v) is 11.9. The van der Waals surface area contributed by atoms with E-state index in [1.54, 1.807) is 0 Å². The van der Waals surface area contributed by atoms with Gasteiger partial charge in [0.2, 0.25) is 0 Å². The maximum atomic E-state index is 13.1. The van der Waals surface area contributed by atoms with Crippen LogP contribution in [0.2, 0.25) is 13.7 Å². The topological polar surface area (TPSA) is 17.1 Å². The van der Waals surface area contributed by atoms with Gasteiger partial charge in [-0.25, -0.2) is 4.39 Å². The maximum Gasteiger partial charge on any atom is 0.169 e. The van der Waals surface area contributed by atoms with Crippen molar-refractivity contribution >= 4 is 51.9 Å². The molecular formula is C12H6Cl3FOS. The first-order valence-corrected chi connectivity index (χ1v) is 6.84. The molecule has 0 saturated heterocycles. The standard InChI is InChI=1S/C12H6Cl3FOS/c13-9-2-1-7(16)3-6(9)4-10(17)8-5-11(14)18-12(8)15/h1-3,5H,4H2. The van der Waals surface area contributed by atoms with Crippen molar-refractivity contribution in [2.45, 2.75) is 6.42 Å². The summed E-state index contributed by atoms with van der Waals surface area (Å²) in [6.07, 6.45) is -0.0105. The third-order valence-corrected chi connectivity index (χ3v) is 4.17. The van der Waals surface area contributed by atoms with Crippen LogP contribution in [0.15, 0.2) is 24.3 Å². The second-order valence-electron chi connectivity index (χ2n) is 3.57. The molecule has 18 heavy (non-hydrogen) atoms. The molecule has 0 radical (unpaired) electrons. The van der Waals surface area contributed by atoms with Gasteiger partial charge in [0, 0.05) is 17.0 Å². The quantitative estimate of drug-likeness (QED) is 0.703. The number of hydrogen-bond acceptors (Lipinski definition) is 2. The van der Waals surface area contributed by atoms with Gasteiger partial charge in [-0.1, -0.05) is 34.8 Å². The molecule has 0 amide bonds. The van der Waals surface area contributed by atoms with Gasteiger partial charge in [0.1, 0.15) is 10.2 Å². The van der Waals surface area contributed by atoms with Gasteiger partial charge in [0.05, 0.1) is 4.34 Å². The largest absolute Gasteiger partial charge is 0.294 e. The van der Waals surface area contributed by atoms with Crippen molar-refractivity contribution in [3.05, 3.63) is 54.9 Å². The lowest BCUT2D eigenvalue weighted by Crippen LogP contribution is -2.03. The van der Waals surface area contributed by atoms with E-state index >= 15 is 0 Å². The highest BCUT2D eigenvalue weighted by atomic mass is 35.5. The molecule has 0 saturated carbocycles. The van der Waals surface area contributed by atoms with E-state index < -0.39 is 5.82 Å². The van der Waals surface area contributed by atoms with Gasteiger partial charge in [0.15, 0.2) is 5.78 Å². The van der Waals surface area contributed by atoms with Gasteiger partial charge in [-0.05, 0) is 29.8 Å². The molecule has 94 valence electrons. The zero-order valence-electron chi connectivity index (χ0n) is 8.84. The van der Waals surface area contributed by atoms with Crippen LogP contribution in [-0.2, 0) is 6.42 Å². The van der Waals surface area contributed by atoms with Crippen molar-refractivity contribution in [3.63, 3.8) is 0 Å². The summed E-state index contributed by atoms with van der Waals surface area (Å²) in [6, 6.07) is 5.40. The second kappa shape index (κ2) is 5.57. The molecule has 1 aromatic carbocycles. The summed E-state index contributed by atoms with van der Waals surface area (Å²) >= 11 is 18.7. The number of rotatable bonds is 3. The highest BCUT2D eigenvalue weighted by Gasteiger charge is 2.16. The number of hydrogen-bond donors (Lipinski definition) is 0. The van der Waals surface area contributed by atoms with E-state index in [2.05, 4.69) is 0 Å². The first-order valence-electron chi connectivity index (χ1n) is 4.89. The van der Waals surface area contributed by atoms with Gasteiger partial charge >= 0.3 is 0 Å². The molecule has 6 heteroatoms. The number of ketones is 1. The zero-order chi connectivity index (χ0) is 13.3.